The number of benzene rings is 3. The Bertz CT molecular complexity index is 957. The summed E-state index contributed by atoms with van der Waals surface area (Å²) in [6.07, 6.45) is 1.72. The summed E-state index contributed by atoms with van der Waals surface area (Å²) in [5, 5.41) is 15.6. The van der Waals surface area contributed by atoms with Gasteiger partial charge in [0, 0.05) is 17.2 Å². The lowest BCUT2D eigenvalue weighted by Crippen LogP contribution is -2.05. The third-order valence-electron chi connectivity index (χ3n) is 3.97. The number of hydrogen-bond acceptors (Lipinski definition) is 5. The molecule has 6 nitrogen and oxygen atoms in total. The molecule has 0 amide bonds. The Hall–Kier alpha value is -3.38. The lowest BCUT2D eigenvalue weighted by molar-refractivity contribution is -0.384. The van der Waals surface area contributed by atoms with Gasteiger partial charge in [-0.1, -0.05) is 29.8 Å². The molecule has 7 heteroatoms. The predicted octanol–water partition coefficient (Wildman–Crippen LogP) is 4.95. The van der Waals surface area contributed by atoms with Gasteiger partial charge in [-0.2, -0.15) is 5.10 Å². The minimum Gasteiger partial charge on any atom is -0.489 e. The zero-order valence-electron chi connectivity index (χ0n) is 14.9. The van der Waals surface area contributed by atoms with Crippen molar-refractivity contribution in [2.75, 3.05) is 0 Å². The predicted molar refractivity (Wildman–Crippen MR) is 110 cm³/mol. The van der Waals surface area contributed by atoms with Crippen LogP contribution in [0.5, 0.6) is 5.75 Å². The van der Waals surface area contributed by atoms with E-state index in [0.29, 0.717) is 23.9 Å². The highest BCUT2D eigenvalue weighted by Gasteiger charge is 2.04. The van der Waals surface area contributed by atoms with Crippen molar-refractivity contribution in [3.8, 4) is 5.75 Å². The topological polar surface area (TPSA) is 76.8 Å². The van der Waals surface area contributed by atoms with Gasteiger partial charge in [-0.05, 0) is 59.2 Å². The lowest BCUT2D eigenvalue weighted by Gasteiger charge is -2.06. The summed E-state index contributed by atoms with van der Waals surface area (Å²) in [5.41, 5.74) is 5.80. The van der Waals surface area contributed by atoms with Crippen LogP contribution < -0.4 is 10.2 Å². The monoisotopic (exact) mass is 395 g/mol. The van der Waals surface area contributed by atoms with Gasteiger partial charge in [-0.15, -0.1) is 0 Å². The van der Waals surface area contributed by atoms with E-state index in [9.17, 15) is 10.1 Å². The van der Waals surface area contributed by atoms with E-state index in [2.05, 4.69) is 10.5 Å². The van der Waals surface area contributed by atoms with Crippen molar-refractivity contribution in [1.82, 2.24) is 5.43 Å². The number of ether oxygens (including phenoxy) is 1. The van der Waals surface area contributed by atoms with Crippen LogP contribution in [0.4, 0.5) is 5.69 Å². The largest absolute Gasteiger partial charge is 0.489 e. The van der Waals surface area contributed by atoms with Crippen LogP contribution in [0.3, 0.4) is 0 Å². The average Bonchev–Trinajstić information content (AvgIpc) is 2.72. The number of nitrogens with one attached hydrogen (secondary N) is 1. The van der Waals surface area contributed by atoms with Gasteiger partial charge in [0.2, 0.25) is 0 Å². The minimum absolute atomic E-state index is 0.0653. The maximum absolute atomic E-state index is 10.7. The Morgan fingerprint density at radius 2 is 1.75 bits per heavy atom. The fraction of sp³-hybridized carbons (Fsp3) is 0.0952. The molecule has 0 saturated heterocycles. The number of nitrogens with zero attached hydrogens (tertiary/aromatic N) is 2. The molecule has 0 aliphatic heterocycles. The standard InChI is InChI=1S/C21H18ClN3O3/c22-21-4-2-1-3-18(21)14-24-23-13-16-7-11-20(12-8-16)28-15-17-5-9-19(10-6-17)25(26)27/h1-13,24H,14-15H2/b23-13-. The van der Waals surface area contributed by atoms with E-state index in [1.165, 1.54) is 12.1 Å². The summed E-state index contributed by atoms with van der Waals surface area (Å²) in [7, 11) is 0. The third-order valence-corrected chi connectivity index (χ3v) is 4.33. The zero-order chi connectivity index (χ0) is 19.8. The molecule has 0 unspecified atom stereocenters. The summed E-state index contributed by atoms with van der Waals surface area (Å²) in [4.78, 5) is 10.2. The van der Waals surface area contributed by atoms with Crippen molar-refractivity contribution in [1.29, 1.82) is 0 Å². The van der Waals surface area contributed by atoms with Gasteiger partial charge in [0.15, 0.2) is 0 Å². The molecule has 0 aliphatic carbocycles. The van der Waals surface area contributed by atoms with E-state index in [1.807, 2.05) is 48.5 Å². The summed E-state index contributed by atoms with van der Waals surface area (Å²) < 4.78 is 5.70. The highest BCUT2D eigenvalue weighted by atomic mass is 35.5. The number of hydrogen-bond donors (Lipinski definition) is 1. The van der Waals surface area contributed by atoms with Crippen LogP contribution in [0, 0.1) is 10.1 Å². The molecule has 0 bridgehead atoms. The van der Waals surface area contributed by atoms with E-state index >= 15 is 0 Å². The number of hydrazone groups is 1. The van der Waals surface area contributed by atoms with Crippen molar-refractivity contribution in [2.24, 2.45) is 5.10 Å². The number of non-ortho nitro benzene ring substituents is 1. The van der Waals surface area contributed by atoms with Gasteiger partial charge in [0.25, 0.3) is 5.69 Å². The molecule has 1 N–H and O–H groups in total. The SMILES string of the molecule is O=[N+]([O-])c1ccc(COc2ccc(/C=N\NCc3ccccc3Cl)cc2)cc1. The summed E-state index contributed by atoms with van der Waals surface area (Å²) in [5.74, 6) is 0.708. The Morgan fingerprint density at radius 1 is 1.04 bits per heavy atom. The molecule has 0 atom stereocenters. The molecule has 3 rings (SSSR count). The second-order valence-electron chi connectivity index (χ2n) is 5.97. The van der Waals surface area contributed by atoms with Gasteiger partial charge in [0.1, 0.15) is 12.4 Å². The highest BCUT2D eigenvalue weighted by molar-refractivity contribution is 6.31. The molecule has 0 radical (unpaired) electrons. The van der Waals surface area contributed by atoms with Crippen LogP contribution in [-0.2, 0) is 13.2 Å². The molecular formula is C21H18ClN3O3. The lowest BCUT2D eigenvalue weighted by atomic mass is 10.2. The number of rotatable bonds is 8. The fourth-order valence-electron chi connectivity index (χ4n) is 2.42. The zero-order valence-corrected chi connectivity index (χ0v) is 15.7. The molecule has 0 saturated carbocycles. The molecule has 0 fully saturated rings. The number of nitro benzene ring substituents is 1. The van der Waals surface area contributed by atoms with Gasteiger partial charge < -0.3 is 10.2 Å². The smallest absolute Gasteiger partial charge is 0.269 e. The molecule has 0 aromatic heterocycles. The molecular weight excluding hydrogens is 378 g/mol. The molecule has 3 aromatic rings. The van der Waals surface area contributed by atoms with Gasteiger partial charge in [0.05, 0.1) is 17.7 Å². The second-order valence-corrected chi connectivity index (χ2v) is 6.37. The summed E-state index contributed by atoms with van der Waals surface area (Å²) in [6, 6.07) is 21.4. The Morgan fingerprint density at radius 3 is 2.43 bits per heavy atom. The quantitative estimate of drug-likeness (QED) is 0.332. The van der Waals surface area contributed by atoms with Gasteiger partial charge >= 0.3 is 0 Å². The third kappa shape index (κ3) is 5.56. The first-order valence-corrected chi connectivity index (χ1v) is 8.95. The Labute approximate surface area is 167 Å². The van der Waals surface area contributed by atoms with Crippen LogP contribution in [0.1, 0.15) is 16.7 Å². The van der Waals surface area contributed by atoms with Crippen LogP contribution in [0.25, 0.3) is 0 Å². The minimum atomic E-state index is -0.422. The van der Waals surface area contributed by atoms with Crippen molar-refractivity contribution in [3.63, 3.8) is 0 Å². The van der Waals surface area contributed by atoms with Crippen LogP contribution in [0.15, 0.2) is 77.9 Å². The number of nitro groups is 1. The molecule has 28 heavy (non-hydrogen) atoms. The van der Waals surface area contributed by atoms with E-state index < -0.39 is 4.92 Å². The van der Waals surface area contributed by atoms with Crippen molar-refractivity contribution >= 4 is 23.5 Å². The molecule has 3 aromatic carbocycles. The Kier molecular flexibility index (Phi) is 6.59. The molecule has 142 valence electrons. The highest BCUT2D eigenvalue weighted by Crippen LogP contribution is 2.16. The first-order valence-electron chi connectivity index (χ1n) is 8.57. The Balaban J connectivity index is 1.47. The maximum Gasteiger partial charge on any atom is 0.269 e. The first kappa shape index (κ1) is 19.4. The molecule has 0 aliphatic rings. The van der Waals surface area contributed by atoms with E-state index in [1.54, 1.807) is 18.3 Å². The van der Waals surface area contributed by atoms with Crippen LogP contribution in [0.2, 0.25) is 5.02 Å². The number of halogens is 1. The van der Waals surface area contributed by atoms with Crippen molar-refractivity contribution < 1.29 is 9.66 Å². The van der Waals surface area contributed by atoms with E-state index in [4.69, 9.17) is 16.3 Å². The van der Waals surface area contributed by atoms with Gasteiger partial charge in [-0.3, -0.25) is 10.1 Å². The van der Waals surface area contributed by atoms with Crippen molar-refractivity contribution in [2.45, 2.75) is 13.2 Å². The average molecular weight is 396 g/mol. The second kappa shape index (κ2) is 9.53. The van der Waals surface area contributed by atoms with Gasteiger partial charge in [-0.25, -0.2) is 0 Å². The maximum atomic E-state index is 10.7. The first-order chi connectivity index (χ1) is 13.6. The normalized spacial score (nSPS) is 10.8. The summed E-state index contributed by atoms with van der Waals surface area (Å²) in [6.45, 7) is 0.886. The van der Waals surface area contributed by atoms with Crippen LogP contribution in [-0.4, -0.2) is 11.1 Å². The summed E-state index contributed by atoms with van der Waals surface area (Å²) >= 11 is 6.10. The van der Waals surface area contributed by atoms with E-state index in [0.717, 1.165) is 16.7 Å². The van der Waals surface area contributed by atoms with E-state index in [-0.39, 0.29) is 5.69 Å². The van der Waals surface area contributed by atoms with Crippen molar-refractivity contribution in [3.05, 3.63) is 105 Å². The molecule has 0 spiro atoms. The fourth-order valence-corrected chi connectivity index (χ4v) is 2.63. The van der Waals surface area contributed by atoms with Crippen LogP contribution >= 0.6 is 11.6 Å². The molecule has 0 heterocycles.